The largest absolute Gasteiger partial charge is 0.462 e. The predicted molar refractivity (Wildman–Crippen MR) is 131 cm³/mol. The van der Waals surface area contributed by atoms with Gasteiger partial charge in [-0.15, -0.1) is 0 Å². The molecule has 2 aromatic rings. The van der Waals surface area contributed by atoms with Gasteiger partial charge in [0, 0.05) is 6.42 Å². The second-order valence-electron chi connectivity index (χ2n) is 9.78. The van der Waals surface area contributed by atoms with Crippen molar-refractivity contribution in [2.75, 3.05) is 18.9 Å². The Labute approximate surface area is 206 Å². The Bertz CT molecular complexity index is 955. The number of aliphatic hydroxyl groups excluding tert-OH is 1. The van der Waals surface area contributed by atoms with Crippen molar-refractivity contribution < 1.29 is 23.8 Å². The molecule has 0 aromatic carbocycles. The molecule has 3 rings (SSSR count). The fourth-order valence-corrected chi connectivity index (χ4v) is 4.60. The number of esters is 1. The molecule has 0 aliphatic carbocycles. The highest BCUT2D eigenvalue weighted by Crippen LogP contribution is 2.35. The molecule has 1 unspecified atom stereocenters. The van der Waals surface area contributed by atoms with Crippen LogP contribution >= 0.6 is 0 Å². The van der Waals surface area contributed by atoms with E-state index in [-0.39, 0.29) is 36.2 Å². The summed E-state index contributed by atoms with van der Waals surface area (Å²) >= 11 is 0. The molecule has 3 N–H and O–H groups in total. The molecule has 35 heavy (non-hydrogen) atoms. The minimum Gasteiger partial charge on any atom is -0.462 e. The summed E-state index contributed by atoms with van der Waals surface area (Å²) in [7, 11) is 0. The van der Waals surface area contributed by atoms with E-state index in [1.54, 1.807) is 6.92 Å². The average molecular weight is 494 g/mol. The Morgan fingerprint density at radius 3 is 2.46 bits per heavy atom. The van der Waals surface area contributed by atoms with Crippen LogP contribution in [-0.2, 0) is 14.3 Å². The lowest BCUT2D eigenvalue weighted by Crippen LogP contribution is -2.43. The summed E-state index contributed by atoms with van der Waals surface area (Å²) in [4.78, 5) is 23.6. The minimum atomic E-state index is -1.09. The number of imidazole rings is 1. The van der Waals surface area contributed by atoms with Crippen LogP contribution in [0, 0.1) is 6.08 Å². The summed E-state index contributed by atoms with van der Waals surface area (Å²) in [5.74, 6) is -0.365. The number of hydrogen-bond donors (Lipinski definition) is 2. The number of rotatable bonds is 15. The molecule has 1 saturated heterocycles. The quantitative estimate of drug-likeness (QED) is 0.211. The number of aliphatic hydroxyl groups is 1. The molecule has 1 aliphatic rings. The van der Waals surface area contributed by atoms with Gasteiger partial charge in [0.25, 0.3) is 0 Å². The smallest absolute Gasteiger partial charge is 0.312 e. The van der Waals surface area contributed by atoms with Gasteiger partial charge in [-0.3, -0.25) is 4.79 Å². The zero-order valence-electron chi connectivity index (χ0n) is 21.0. The van der Waals surface area contributed by atoms with Gasteiger partial charge < -0.3 is 24.9 Å². The summed E-state index contributed by atoms with van der Waals surface area (Å²) in [5, 5.41) is 10.9. The van der Waals surface area contributed by atoms with Crippen LogP contribution in [0.4, 0.5) is 10.2 Å². The van der Waals surface area contributed by atoms with Gasteiger partial charge in [0.15, 0.2) is 11.5 Å². The van der Waals surface area contributed by atoms with E-state index in [0.717, 1.165) is 19.3 Å². The Hall–Kier alpha value is -2.33. The molecular formula is C25H40FN5O4. The summed E-state index contributed by atoms with van der Waals surface area (Å²) in [5.41, 5.74) is 5.06. The topological polar surface area (TPSA) is 125 Å². The van der Waals surface area contributed by atoms with Crippen molar-refractivity contribution >= 4 is 23.0 Å². The molecule has 0 saturated carbocycles. The van der Waals surface area contributed by atoms with Gasteiger partial charge in [-0.1, -0.05) is 71.1 Å². The minimum absolute atomic E-state index is 0.0698. The maximum atomic E-state index is 13.7. The van der Waals surface area contributed by atoms with Crippen LogP contribution in [0.2, 0.25) is 0 Å². The van der Waals surface area contributed by atoms with E-state index in [4.69, 9.17) is 15.2 Å². The third-order valence-corrected chi connectivity index (χ3v) is 6.86. The Morgan fingerprint density at radius 1 is 1.17 bits per heavy atom. The van der Waals surface area contributed by atoms with E-state index in [0.29, 0.717) is 6.42 Å². The van der Waals surface area contributed by atoms with Gasteiger partial charge in [-0.05, 0) is 13.3 Å². The molecule has 1 aliphatic heterocycles. The summed E-state index contributed by atoms with van der Waals surface area (Å²) in [6.45, 7) is 3.99. The normalized spacial score (nSPS) is 22.2. The summed E-state index contributed by atoms with van der Waals surface area (Å²) < 4.78 is 26.4. The van der Waals surface area contributed by atoms with E-state index in [1.165, 1.54) is 62.3 Å². The molecule has 10 heteroatoms. The van der Waals surface area contributed by atoms with Crippen molar-refractivity contribution in [3.63, 3.8) is 0 Å². The van der Waals surface area contributed by atoms with Crippen molar-refractivity contribution in [3.05, 3.63) is 12.4 Å². The van der Waals surface area contributed by atoms with Crippen molar-refractivity contribution in [1.29, 1.82) is 0 Å². The Morgan fingerprint density at radius 2 is 1.80 bits per heavy atom. The van der Waals surface area contributed by atoms with Gasteiger partial charge in [-0.25, -0.2) is 4.98 Å². The number of aromatic nitrogens is 4. The SMILES string of the molecule is CCCCCCCCCCCCCC(=O)OC[C@@]1(C)OCC(n2cnc3c(N)nc(F)nc32)[C@@H]1O. The van der Waals surface area contributed by atoms with Crippen LogP contribution in [-0.4, -0.2) is 55.5 Å². The number of nitrogens with two attached hydrogens (primary N) is 1. The number of fused-ring (bicyclic) bond motifs is 1. The monoisotopic (exact) mass is 493 g/mol. The fourth-order valence-electron chi connectivity index (χ4n) is 4.60. The molecule has 0 bridgehead atoms. The highest BCUT2D eigenvalue weighted by Gasteiger charge is 2.48. The molecule has 3 atom stereocenters. The first-order valence-electron chi connectivity index (χ1n) is 13.0. The number of nitrogen functional groups attached to an aromatic ring is 1. The summed E-state index contributed by atoms with van der Waals surface area (Å²) in [6, 6.07) is -0.580. The summed E-state index contributed by atoms with van der Waals surface area (Å²) in [6.07, 6.45) is 13.2. The maximum absolute atomic E-state index is 13.7. The average Bonchev–Trinajstić information content (AvgIpc) is 3.37. The molecule has 3 heterocycles. The van der Waals surface area contributed by atoms with Gasteiger partial charge in [0.2, 0.25) is 0 Å². The van der Waals surface area contributed by atoms with Crippen LogP contribution in [0.3, 0.4) is 0 Å². The molecule has 1 fully saturated rings. The van der Waals surface area contributed by atoms with Gasteiger partial charge in [-0.2, -0.15) is 14.4 Å². The Balaban J connectivity index is 1.36. The van der Waals surface area contributed by atoms with E-state index < -0.39 is 23.8 Å². The maximum Gasteiger partial charge on any atom is 0.312 e. The van der Waals surface area contributed by atoms with Crippen LogP contribution in [0.15, 0.2) is 6.33 Å². The number of ether oxygens (including phenoxy) is 2. The fraction of sp³-hybridized carbons (Fsp3) is 0.760. The second-order valence-corrected chi connectivity index (χ2v) is 9.78. The van der Waals surface area contributed by atoms with Crippen LogP contribution in [0.5, 0.6) is 0 Å². The van der Waals surface area contributed by atoms with Crippen LogP contribution in [0.25, 0.3) is 11.2 Å². The zero-order chi connectivity index (χ0) is 25.3. The first kappa shape index (κ1) is 27.3. The van der Waals surface area contributed by atoms with Crippen molar-refractivity contribution in [2.45, 2.75) is 109 Å². The third-order valence-electron chi connectivity index (χ3n) is 6.86. The molecular weight excluding hydrogens is 453 g/mol. The van der Waals surface area contributed by atoms with Crippen molar-refractivity contribution in [1.82, 2.24) is 19.5 Å². The molecule has 0 radical (unpaired) electrons. The molecule has 9 nitrogen and oxygen atoms in total. The number of carbonyl (C=O) groups excluding carboxylic acids is 1. The molecule has 0 amide bonds. The third kappa shape index (κ3) is 7.33. The van der Waals surface area contributed by atoms with E-state index >= 15 is 0 Å². The highest BCUT2D eigenvalue weighted by molar-refractivity contribution is 5.81. The van der Waals surface area contributed by atoms with Crippen molar-refractivity contribution in [3.8, 4) is 0 Å². The first-order valence-corrected chi connectivity index (χ1v) is 13.0. The van der Waals surface area contributed by atoms with Gasteiger partial charge >= 0.3 is 12.0 Å². The lowest BCUT2D eigenvalue weighted by molar-refractivity contribution is -0.156. The van der Waals surface area contributed by atoms with Gasteiger partial charge in [0.05, 0.1) is 19.0 Å². The van der Waals surface area contributed by atoms with Gasteiger partial charge in [0.1, 0.15) is 23.8 Å². The zero-order valence-corrected chi connectivity index (χ0v) is 21.0. The lowest BCUT2D eigenvalue weighted by atomic mass is 9.97. The molecule has 196 valence electrons. The highest BCUT2D eigenvalue weighted by atomic mass is 19.1. The van der Waals surface area contributed by atoms with E-state index in [2.05, 4.69) is 21.9 Å². The van der Waals surface area contributed by atoms with Crippen LogP contribution in [0.1, 0.15) is 96.9 Å². The standard InChI is InChI=1S/C25H40FN5O4/c1-3-4-5-6-7-8-9-10-11-12-13-14-19(32)34-16-25(2)21(33)18(15-35-25)31-17-28-20-22(27)29-24(26)30-23(20)31/h17-18,21,33H,3-16H2,1-2H3,(H2,27,29,30)/t18?,21-,25+/m0/s1. The second kappa shape index (κ2) is 13.1. The molecule has 0 spiro atoms. The number of halogens is 1. The lowest BCUT2D eigenvalue weighted by Gasteiger charge is -2.28. The van der Waals surface area contributed by atoms with Crippen LogP contribution < -0.4 is 5.73 Å². The first-order chi connectivity index (χ1) is 16.9. The number of hydrogen-bond acceptors (Lipinski definition) is 8. The number of anilines is 1. The Kier molecular flexibility index (Phi) is 10.2. The number of carbonyl (C=O) groups is 1. The van der Waals surface area contributed by atoms with Crippen molar-refractivity contribution in [2.24, 2.45) is 0 Å². The van der Waals surface area contributed by atoms with E-state index in [1.807, 2.05) is 0 Å². The molecule has 2 aromatic heterocycles. The number of nitrogens with zero attached hydrogens (tertiary/aromatic N) is 4. The number of unbranched alkanes of at least 4 members (excludes halogenated alkanes) is 10. The predicted octanol–water partition coefficient (Wildman–Crippen LogP) is 4.48. The van der Waals surface area contributed by atoms with E-state index in [9.17, 15) is 14.3 Å².